The molecule has 2 aromatic heterocycles. The average Bonchev–Trinajstić information content (AvgIpc) is 2.89. The topological polar surface area (TPSA) is 121 Å². The summed E-state index contributed by atoms with van der Waals surface area (Å²) in [4.78, 5) is 26.4. The van der Waals surface area contributed by atoms with E-state index in [-0.39, 0.29) is 12.0 Å². The number of nitrogens with zero attached hydrogens (tertiary/aromatic N) is 5. The van der Waals surface area contributed by atoms with Crippen molar-refractivity contribution >= 4 is 5.91 Å². The molecule has 4 rings (SSSR count). The van der Waals surface area contributed by atoms with Crippen LogP contribution in [0.4, 0.5) is 0 Å². The lowest BCUT2D eigenvalue weighted by Crippen LogP contribution is -2.42. The first kappa shape index (κ1) is 23.1. The lowest BCUT2D eigenvalue weighted by molar-refractivity contribution is -0.135. The Morgan fingerprint density at radius 2 is 1.97 bits per heavy atom. The molecular weight excluding hydrogens is 434 g/mol. The van der Waals surface area contributed by atoms with E-state index in [0.717, 1.165) is 11.1 Å². The average molecular weight is 460 g/mol. The van der Waals surface area contributed by atoms with Gasteiger partial charge in [-0.15, -0.1) is 0 Å². The minimum absolute atomic E-state index is 0.0938. The zero-order chi connectivity index (χ0) is 23.9. The van der Waals surface area contributed by atoms with Crippen molar-refractivity contribution in [2.24, 2.45) is 0 Å². The van der Waals surface area contributed by atoms with Gasteiger partial charge in [0.25, 0.3) is 0 Å². The van der Waals surface area contributed by atoms with Crippen LogP contribution < -0.4 is 9.47 Å². The Balaban J connectivity index is 1.47. The molecule has 9 heteroatoms. The summed E-state index contributed by atoms with van der Waals surface area (Å²) in [6.07, 6.45) is 5.11. The van der Waals surface area contributed by atoms with Crippen molar-refractivity contribution in [3.05, 3.63) is 65.7 Å². The highest BCUT2D eigenvalue weighted by Gasteiger charge is 2.24. The van der Waals surface area contributed by atoms with E-state index in [1.165, 1.54) is 0 Å². The summed E-state index contributed by atoms with van der Waals surface area (Å²) in [5.74, 6) is 1.42. The molecule has 1 aromatic carbocycles. The van der Waals surface area contributed by atoms with Gasteiger partial charge in [-0.3, -0.25) is 4.79 Å². The molecule has 1 aliphatic rings. The van der Waals surface area contributed by atoms with Gasteiger partial charge >= 0.3 is 0 Å². The van der Waals surface area contributed by atoms with E-state index in [1.54, 1.807) is 36.5 Å². The second-order valence-electron chi connectivity index (χ2n) is 7.92. The van der Waals surface area contributed by atoms with Crippen molar-refractivity contribution < 1.29 is 19.4 Å². The normalized spacial score (nSPS) is 13.9. The molecule has 0 spiro atoms. The number of amides is 1. The van der Waals surface area contributed by atoms with Gasteiger partial charge in [-0.1, -0.05) is 0 Å². The number of carbonyl (C=O) groups excluding carboxylic acids is 1. The molecule has 9 nitrogen and oxygen atoms in total. The van der Waals surface area contributed by atoms with Gasteiger partial charge in [-0.25, -0.2) is 15.0 Å². The van der Waals surface area contributed by atoms with Gasteiger partial charge in [0.15, 0.2) is 0 Å². The molecule has 0 atom stereocenters. The van der Waals surface area contributed by atoms with E-state index in [0.29, 0.717) is 61.1 Å². The summed E-state index contributed by atoms with van der Waals surface area (Å²) in [5, 5.41) is 18.7. The van der Waals surface area contributed by atoms with Crippen LogP contribution in [0.1, 0.15) is 29.8 Å². The Labute approximate surface area is 197 Å². The van der Waals surface area contributed by atoms with Crippen LogP contribution in [-0.2, 0) is 11.2 Å². The summed E-state index contributed by atoms with van der Waals surface area (Å²) in [7, 11) is 1.57. The molecule has 0 bridgehead atoms. The fourth-order valence-electron chi connectivity index (χ4n) is 3.88. The fourth-order valence-corrected chi connectivity index (χ4v) is 3.88. The van der Waals surface area contributed by atoms with E-state index in [4.69, 9.17) is 14.6 Å². The maximum absolute atomic E-state index is 11.6. The van der Waals surface area contributed by atoms with E-state index in [1.807, 2.05) is 24.3 Å². The molecule has 1 fully saturated rings. The molecule has 0 aliphatic carbocycles. The standard InChI is InChI=1S/C25H25N5O4/c1-33-24-13-17(4-8-28-24)12-23-27-9-5-21(29-23)18-2-3-22(19(14-18)15-26)34-20-6-10-30(11-7-20)25(32)16-31/h2-5,8-9,13-14,20,31H,6-7,10-12,16H2,1H3. The Kier molecular flexibility index (Phi) is 7.30. The van der Waals surface area contributed by atoms with Crippen LogP contribution in [-0.4, -0.2) is 63.8 Å². The predicted octanol–water partition coefficient (Wildman–Crippen LogP) is 2.37. The lowest BCUT2D eigenvalue weighted by atomic mass is 10.1. The van der Waals surface area contributed by atoms with Crippen LogP contribution >= 0.6 is 0 Å². The fraction of sp³-hybridized carbons (Fsp3) is 0.320. The highest BCUT2D eigenvalue weighted by molar-refractivity contribution is 5.77. The summed E-state index contributed by atoms with van der Waals surface area (Å²) in [5.41, 5.74) is 2.91. The Morgan fingerprint density at radius 1 is 1.18 bits per heavy atom. The summed E-state index contributed by atoms with van der Waals surface area (Å²) < 4.78 is 11.3. The van der Waals surface area contributed by atoms with Crippen LogP contribution in [0.2, 0.25) is 0 Å². The number of aliphatic hydroxyl groups excluding tert-OH is 1. The number of methoxy groups -OCH3 is 1. The monoisotopic (exact) mass is 459 g/mol. The zero-order valence-corrected chi connectivity index (χ0v) is 18.8. The van der Waals surface area contributed by atoms with Crippen LogP contribution in [0.25, 0.3) is 11.3 Å². The minimum Gasteiger partial charge on any atom is -0.489 e. The van der Waals surface area contributed by atoms with E-state index < -0.39 is 6.61 Å². The molecule has 34 heavy (non-hydrogen) atoms. The summed E-state index contributed by atoms with van der Waals surface area (Å²) in [6.45, 7) is 0.571. The minimum atomic E-state index is -0.479. The second-order valence-corrected chi connectivity index (χ2v) is 7.92. The van der Waals surface area contributed by atoms with Crippen LogP contribution in [0, 0.1) is 11.3 Å². The van der Waals surface area contributed by atoms with Crippen LogP contribution in [0.3, 0.4) is 0 Å². The molecule has 1 aliphatic heterocycles. The Hall–Kier alpha value is -4.03. The molecule has 0 saturated carbocycles. The SMILES string of the molecule is COc1cc(Cc2nccc(-c3ccc(OC4CCN(C(=O)CO)CC4)c(C#N)c3)n2)ccn1. The van der Waals surface area contributed by atoms with Gasteiger partial charge < -0.3 is 19.5 Å². The first-order chi connectivity index (χ1) is 16.6. The number of aromatic nitrogens is 3. The van der Waals surface area contributed by atoms with E-state index >= 15 is 0 Å². The quantitative estimate of drug-likeness (QED) is 0.572. The molecular formula is C25H25N5O4. The molecule has 0 radical (unpaired) electrons. The maximum atomic E-state index is 11.6. The number of piperidine rings is 1. The number of aliphatic hydroxyl groups is 1. The zero-order valence-electron chi connectivity index (χ0n) is 18.8. The highest BCUT2D eigenvalue weighted by atomic mass is 16.5. The molecule has 3 aromatic rings. The van der Waals surface area contributed by atoms with Gasteiger partial charge in [0.2, 0.25) is 11.8 Å². The number of ether oxygens (including phenoxy) is 2. The van der Waals surface area contributed by atoms with Gasteiger partial charge in [0.05, 0.1) is 18.4 Å². The maximum Gasteiger partial charge on any atom is 0.248 e. The summed E-state index contributed by atoms with van der Waals surface area (Å²) in [6, 6.07) is 13.2. The molecule has 174 valence electrons. The summed E-state index contributed by atoms with van der Waals surface area (Å²) >= 11 is 0. The highest BCUT2D eigenvalue weighted by Crippen LogP contribution is 2.28. The number of nitriles is 1. The van der Waals surface area contributed by atoms with E-state index in [2.05, 4.69) is 21.0 Å². The number of carbonyl (C=O) groups is 1. The second kappa shape index (κ2) is 10.7. The molecule has 1 saturated heterocycles. The molecule has 1 N–H and O–H groups in total. The van der Waals surface area contributed by atoms with Crippen molar-refractivity contribution in [2.45, 2.75) is 25.4 Å². The van der Waals surface area contributed by atoms with Gasteiger partial charge in [-0.05, 0) is 35.9 Å². The van der Waals surface area contributed by atoms with Gasteiger partial charge in [-0.2, -0.15) is 5.26 Å². The Morgan fingerprint density at radius 3 is 2.71 bits per heavy atom. The van der Waals surface area contributed by atoms with Crippen LogP contribution in [0.5, 0.6) is 11.6 Å². The van der Waals surface area contributed by atoms with Crippen molar-refractivity contribution in [1.82, 2.24) is 19.9 Å². The van der Waals surface area contributed by atoms with Crippen LogP contribution in [0.15, 0.2) is 48.8 Å². The third-order valence-corrected chi connectivity index (χ3v) is 5.70. The number of pyridine rings is 1. The predicted molar refractivity (Wildman–Crippen MR) is 123 cm³/mol. The number of hydrogen-bond donors (Lipinski definition) is 1. The molecule has 3 heterocycles. The van der Waals surface area contributed by atoms with Gasteiger partial charge in [0, 0.05) is 56.4 Å². The lowest BCUT2D eigenvalue weighted by Gasteiger charge is -2.32. The van der Waals surface area contributed by atoms with Crippen molar-refractivity contribution in [2.75, 3.05) is 26.8 Å². The number of benzene rings is 1. The first-order valence-corrected chi connectivity index (χ1v) is 11.0. The molecule has 1 amide bonds. The van der Waals surface area contributed by atoms with E-state index in [9.17, 15) is 10.1 Å². The largest absolute Gasteiger partial charge is 0.489 e. The first-order valence-electron chi connectivity index (χ1n) is 11.0. The van der Waals surface area contributed by atoms with Crippen molar-refractivity contribution in [1.29, 1.82) is 5.26 Å². The number of hydrogen-bond acceptors (Lipinski definition) is 8. The number of rotatable bonds is 7. The number of likely N-dealkylation sites (tertiary alicyclic amines) is 1. The third-order valence-electron chi connectivity index (χ3n) is 5.70. The van der Waals surface area contributed by atoms with Gasteiger partial charge in [0.1, 0.15) is 30.4 Å². The molecule has 0 unspecified atom stereocenters. The third kappa shape index (κ3) is 5.47. The Bertz CT molecular complexity index is 1200. The van der Waals surface area contributed by atoms with Crippen molar-refractivity contribution in [3.8, 4) is 29.0 Å². The van der Waals surface area contributed by atoms with Crippen molar-refractivity contribution in [3.63, 3.8) is 0 Å². The smallest absolute Gasteiger partial charge is 0.248 e.